The summed E-state index contributed by atoms with van der Waals surface area (Å²) in [5.41, 5.74) is 2.86. The number of aromatic nitrogens is 3. The van der Waals surface area contributed by atoms with Gasteiger partial charge in [0.2, 0.25) is 0 Å². The summed E-state index contributed by atoms with van der Waals surface area (Å²) >= 11 is 0. The molecule has 2 heterocycles. The molecular formula is C12H11N3O. The van der Waals surface area contributed by atoms with E-state index in [1.165, 1.54) is 6.33 Å². The van der Waals surface area contributed by atoms with E-state index in [0.717, 1.165) is 29.8 Å². The summed E-state index contributed by atoms with van der Waals surface area (Å²) in [5.74, 6) is 0.247. The van der Waals surface area contributed by atoms with Crippen molar-refractivity contribution >= 4 is 5.78 Å². The molecule has 0 fully saturated rings. The SMILES string of the molecule is O=C1CCCc2c1ccn2-c1cncnc1. The number of fused-ring (bicyclic) bond motifs is 1. The minimum absolute atomic E-state index is 0.247. The van der Waals surface area contributed by atoms with E-state index in [9.17, 15) is 4.79 Å². The van der Waals surface area contributed by atoms with Gasteiger partial charge in [0.15, 0.2) is 5.78 Å². The Bertz CT molecular complexity index is 530. The Kier molecular flexibility index (Phi) is 2.06. The van der Waals surface area contributed by atoms with E-state index in [-0.39, 0.29) is 5.78 Å². The highest BCUT2D eigenvalue weighted by Gasteiger charge is 2.20. The molecular weight excluding hydrogens is 202 g/mol. The zero-order chi connectivity index (χ0) is 11.0. The monoisotopic (exact) mass is 213 g/mol. The number of hydrogen-bond acceptors (Lipinski definition) is 3. The number of hydrogen-bond donors (Lipinski definition) is 0. The molecule has 0 radical (unpaired) electrons. The summed E-state index contributed by atoms with van der Waals surface area (Å²) in [5, 5.41) is 0. The summed E-state index contributed by atoms with van der Waals surface area (Å²) in [6, 6.07) is 1.89. The second-order valence-electron chi connectivity index (χ2n) is 3.92. The lowest BCUT2D eigenvalue weighted by molar-refractivity contribution is 0.0972. The van der Waals surface area contributed by atoms with Gasteiger partial charge < -0.3 is 4.57 Å². The first-order valence-corrected chi connectivity index (χ1v) is 5.35. The second kappa shape index (κ2) is 3.56. The first-order valence-electron chi connectivity index (χ1n) is 5.35. The highest BCUT2D eigenvalue weighted by Crippen LogP contribution is 2.24. The van der Waals surface area contributed by atoms with Crippen LogP contribution in [0.3, 0.4) is 0 Å². The van der Waals surface area contributed by atoms with Gasteiger partial charge in [0, 0.05) is 23.9 Å². The molecule has 0 aliphatic heterocycles. The van der Waals surface area contributed by atoms with Crippen LogP contribution in [0.2, 0.25) is 0 Å². The topological polar surface area (TPSA) is 47.8 Å². The van der Waals surface area contributed by atoms with Crippen molar-refractivity contribution in [2.24, 2.45) is 0 Å². The zero-order valence-electron chi connectivity index (χ0n) is 8.76. The maximum Gasteiger partial charge on any atom is 0.164 e. The Hall–Kier alpha value is -1.97. The molecule has 0 saturated heterocycles. The molecule has 2 aromatic rings. The van der Waals surface area contributed by atoms with Crippen LogP contribution in [0.4, 0.5) is 0 Å². The van der Waals surface area contributed by atoms with Gasteiger partial charge in [0.1, 0.15) is 6.33 Å². The van der Waals surface area contributed by atoms with Crippen molar-refractivity contribution in [3.8, 4) is 5.69 Å². The van der Waals surface area contributed by atoms with Gasteiger partial charge in [-0.3, -0.25) is 4.79 Å². The Morgan fingerprint density at radius 2 is 2.00 bits per heavy atom. The fourth-order valence-electron chi connectivity index (χ4n) is 2.18. The summed E-state index contributed by atoms with van der Waals surface area (Å²) in [4.78, 5) is 19.7. The molecule has 0 amide bonds. The molecule has 3 rings (SSSR count). The van der Waals surface area contributed by atoms with Crippen LogP contribution in [0.15, 0.2) is 31.0 Å². The molecule has 0 unspecified atom stereocenters. The maximum absolute atomic E-state index is 11.7. The lowest BCUT2D eigenvalue weighted by Gasteiger charge is -2.14. The van der Waals surface area contributed by atoms with Crippen LogP contribution >= 0.6 is 0 Å². The average molecular weight is 213 g/mol. The van der Waals surface area contributed by atoms with Crippen LogP contribution in [0, 0.1) is 0 Å². The summed E-state index contributed by atoms with van der Waals surface area (Å²) in [6.45, 7) is 0. The molecule has 0 atom stereocenters. The van der Waals surface area contributed by atoms with Crippen LogP contribution in [0.1, 0.15) is 28.9 Å². The first-order chi connectivity index (χ1) is 7.86. The Morgan fingerprint density at radius 3 is 2.81 bits per heavy atom. The van der Waals surface area contributed by atoms with E-state index >= 15 is 0 Å². The van der Waals surface area contributed by atoms with Crippen molar-refractivity contribution in [1.29, 1.82) is 0 Å². The zero-order valence-corrected chi connectivity index (χ0v) is 8.76. The number of rotatable bonds is 1. The van der Waals surface area contributed by atoms with Crippen molar-refractivity contribution in [2.45, 2.75) is 19.3 Å². The van der Waals surface area contributed by atoms with Gasteiger partial charge in [-0.15, -0.1) is 0 Å². The number of nitrogens with zero attached hydrogens (tertiary/aromatic N) is 3. The highest BCUT2D eigenvalue weighted by molar-refractivity contribution is 5.98. The normalized spacial score (nSPS) is 14.9. The van der Waals surface area contributed by atoms with Crippen LogP contribution in [-0.4, -0.2) is 20.3 Å². The van der Waals surface area contributed by atoms with Crippen LogP contribution in [-0.2, 0) is 6.42 Å². The first kappa shape index (κ1) is 9.27. The third kappa shape index (κ3) is 1.34. The molecule has 0 saturated carbocycles. The van der Waals surface area contributed by atoms with E-state index < -0.39 is 0 Å². The number of carbonyl (C=O) groups is 1. The molecule has 0 aromatic carbocycles. The van der Waals surface area contributed by atoms with Crippen LogP contribution in [0.25, 0.3) is 5.69 Å². The highest BCUT2D eigenvalue weighted by atomic mass is 16.1. The third-order valence-corrected chi connectivity index (χ3v) is 2.93. The van der Waals surface area contributed by atoms with E-state index in [1.54, 1.807) is 12.4 Å². The van der Waals surface area contributed by atoms with Crippen LogP contribution in [0.5, 0.6) is 0 Å². The van der Waals surface area contributed by atoms with Gasteiger partial charge in [-0.05, 0) is 18.9 Å². The third-order valence-electron chi connectivity index (χ3n) is 2.93. The lowest BCUT2D eigenvalue weighted by atomic mass is 9.97. The standard InChI is InChI=1S/C12H11N3O/c16-12-3-1-2-11-10(12)4-5-15(11)9-6-13-8-14-7-9/h4-8H,1-3H2. The molecule has 2 aromatic heterocycles. The molecule has 0 bridgehead atoms. The predicted molar refractivity (Wildman–Crippen MR) is 58.6 cm³/mol. The predicted octanol–water partition coefficient (Wildman–Crippen LogP) is 1.79. The van der Waals surface area contributed by atoms with Crippen molar-refractivity contribution in [3.05, 3.63) is 42.2 Å². The second-order valence-corrected chi connectivity index (χ2v) is 3.92. The van der Waals surface area contributed by atoms with Crippen molar-refractivity contribution < 1.29 is 4.79 Å². The fourth-order valence-corrected chi connectivity index (χ4v) is 2.18. The van der Waals surface area contributed by atoms with E-state index in [0.29, 0.717) is 6.42 Å². The molecule has 4 nitrogen and oxygen atoms in total. The number of ketones is 1. The lowest BCUT2D eigenvalue weighted by Crippen LogP contribution is -2.12. The van der Waals surface area contributed by atoms with Gasteiger partial charge in [-0.25, -0.2) is 9.97 Å². The van der Waals surface area contributed by atoms with Gasteiger partial charge in [-0.2, -0.15) is 0 Å². The van der Waals surface area contributed by atoms with E-state index in [2.05, 4.69) is 9.97 Å². The van der Waals surface area contributed by atoms with Crippen molar-refractivity contribution in [2.75, 3.05) is 0 Å². The minimum atomic E-state index is 0.247. The molecule has 1 aliphatic rings. The Labute approximate surface area is 93.0 Å². The van der Waals surface area contributed by atoms with Crippen LogP contribution < -0.4 is 0 Å². The van der Waals surface area contributed by atoms with Gasteiger partial charge in [-0.1, -0.05) is 0 Å². The van der Waals surface area contributed by atoms with Crippen molar-refractivity contribution in [3.63, 3.8) is 0 Å². The molecule has 16 heavy (non-hydrogen) atoms. The van der Waals surface area contributed by atoms with E-state index in [4.69, 9.17) is 0 Å². The van der Waals surface area contributed by atoms with Gasteiger partial charge >= 0.3 is 0 Å². The minimum Gasteiger partial charge on any atom is -0.317 e. The number of Topliss-reactive ketones (excluding diaryl/α,β-unsaturated/α-hetero) is 1. The molecule has 1 aliphatic carbocycles. The Balaban J connectivity index is 2.13. The largest absolute Gasteiger partial charge is 0.317 e. The van der Waals surface area contributed by atoms with Gasteiger partial charge in [0.25, 0.3) is 0 Å². The molecule has 0 N–H and O–H groups in total. The van der Waals surface area contributed by atoms with Crippen molar-refractivity contribution in [1.82, 2.24) is 14.5 Å². The maximum atomic E-state index is 11.7. The van der Waals surface area contributed by atoms with Gasteiger partial charge in [0.05, 0.1) is 18.1 Å². The van der Waals surface area contributed by atoms with E-state index in [1.807, 2.05) is 16.8 Å². The molecule has 80 valence electrons. The summed E-state index contributed by atoms with van der Waals surface area (Å²) < 4.78 is 2.01. The Morgan fingerprint density at radius 1 is 1.19 bits per heavy atom. The smallest absolute Gasteiger partial charge is 0.164 e. The summed E-state index contributed by atoms with van der Waals surface area (Å²) in [6.07, 6.45) is 9.49. The summed E-state index contributed by atoms with van der Waals surface area (Å²) in [7, 11) is 0. The quantitative estimate of drug-likeness (QED) is 0.725. The molecule has 0 spiro atoms. The average Bonchev–Trinajstić information content (AvgIpc) is 2.75. The fraction of sp³-hybridized carbons (Fsp3) is 0.250. The number of carbonyl (C=O) groups excluding carboxylic acids is 1. The molecule has 4 heteroatoms.